The van der Waals surface area contributed by atoms with Crippen LogP contribution in [0.3, 0.4) is 0 Å². The van der Waals surface area contributed by atoms with Gasteiger partial charge in [0.25, 0.3) is 5.91 Å². The molecule has 6 heteroatoms. The molecule has 0 bridgehead atoms. The molecule has 0 radical (unpaired) electrons. The SMILES string of the molecule is Cc1c(C(=O)NCc2nncn2-c2ccccc2)oc2ccccc12. The van der Waals surface area contributed by atoms with Gasteiger partial charge in [0.05, 0.1) is 6.54 Å². The van der Waals surface area contributed by atoms with Crippen LogP contribution in [0.25, 0.3) is 16.7 Å². The second-order valence-electron chi connectivity index (χ2n) is 5.69. The normalized spacial score (nSPS) is 10.9. The molecule has 2 aromatic heterocycles. The maximum atomic E-state index is 12.5. The molecule has 0 fully saturated rings. The van der Waals surface area contributed by atoms with Crippen molar-refractivity contribution in [2.75, 3.05) is 0 Å². The Bertz CT molecular complexity index is 1030. The number of fused-ring (bicyclic) bond motifs is 1. The molecular weight excluding hydrogens is 316 g/mol. The summed E-state index contributed by atoms with van der Waals surface area (Å²) >= 11 is 0. The molecule has 2 aromatic carbocycles. The lowest BCUT2D eigenvalue weighted by Gasteiger charge is -2.07. The molecule has 1 N–H and O–H groups in total. The van der Waals surface area contributed by atoms with Crippen molar-refractivity contribution in [1.29, 1.82) is 0 Å². The Kier molecular flexibility index (Phi) is 3.78. The number of amides is 1. The van der Waals surface area contributed by atoms with Gasteiger partial charge in [-0.3, -0.25) is 9.36 Å². The van der Waals surface area contributed by atoms with E-state index < -0.39 is 0 Å². The summed E-state index contributed by atoms with van der Waals surface area (Å²) in [7, 11) is 0. The van der Waals surface area contributed by atoms with Crippen molar-refractivity contribution in [3.8, 4) is 5.69 Å². The third-order valence-electron chi connectivity index (χ3n) is 4.11. The number of nitrogens with zero attached hydrogens (tertiary/aromatic N) is 3. The Hall–Kier alpha value is -3.41. The summed E-state index contributed by atoms with van der Waals surface area (Å²) in [5.74, 6) is 0.705. The molecule has 0 aliphatic carbocycles. The van der Waals surface area contributed by atoms with Gasteiger partial charge in [0, 0.05) is 16.6 Å². The van der Waals surface area contributed by atoms with Gasteiger partial charge in [-0.05, 0) is 25.1 Å². The van der Waals surface area contributed by atoms with Crippen molar-refractivity contribution < 1.29 is 9.21 Å². The van der Waals surface area contributed by atoms with Crippen LogP contribution in [-0.4, -0.2) is 20.7 Å². The lowest BCUT2D eigenvalue weighted by Crippen LogP contribution is -2.24. The molecule has 4 aromatic rings. The number of benzene rings is 2. The van der Waals surface area contributed by atoms with Crippen molar-refractivity contribution in [1.82, 2.24) is 20.1 Å². The van der Waals surface area contributed by atoms with Crippen LogP contribution in [-0.2, 0) is 6.54 Å². The molecule has 25 heavy (non-hydrogen) atoms. The fourth-order valence-corrected chi connectivity index (χ4v) is 2.81. The maximum absolute atomic E-state index is 12.5. The predicted molar refractivity (Wildman–Crippen MR) is 93.5 cm³/mol. The monoisotopic (exact) mass is 332 g/mol. The number of hydrogen-bond donors (Lipinski definition) is 1. The highest BCUT2D eigenvalue weighted by Crippen LogP contribution is 2.24. The van der Waals surface area contributed by atoms with Gasteiger partial charge in [0.1, 0.15) is 11.9 Å². The molecule has 4 rings (SSSR count). The first-order valence-electron chi connectivity index (χ1n) is 7.94. The quantitative estimate of drug-likeness (QED) is 0.622. The zero-order valence-electron chi connectivity index (χ0n) is 13.6. The highest BCUT2D eigenvalue weighted by Gasteiger charge is 2.18. The second-order valence-corrected chi connectivity index (χ2v) is 5.69. The van der Waals surface area contributed by atoms with E-state index in [0.29, 0.717) is 17.2 Å². The van der Waals surface area contributed by atoms with Crippen LogP contribution in [0.4, 0.5) is 0 Å². The smallest absolute Gasteiger partial charge is 0.287 e. The van der Waals surface area contributed by atoms with Gasteiger partial charge in [-0.2, -0.15) is 0 Å². The minimum absolute atomic E-state index is 0.254. The van der Waals surface area contributed by atoms with Crippen LogP contribution >= 0.6 is 0 Å². The van der Waals surface area contributed by atoms with Crippen molar-refractivity contribution in [2.24, 2.45) is 0 Å². The lowest BCUT2D eigenvalue weighted by atomic mass is 10.1. The van der Waals surface area contributed by atoms with Gasteiger partial charge in [0.2, 0.25) is 0 Å². The summed E-state index contributed by atoms with van der Waals surface area (Å²) in [6.45, 7) is 2.14. The topological polar surface area (TPSA) is 73.0 Å². The lowest BCUT2D eigenvalue weighted by molar-refractivity contribution is 0.0923. The van der Waals surface area contributed by atoms with Gasteiger partial charge >= 0.3 is 0 Å². The first kappa shape index (κ1) is 15.1. The van der Waals surface area contributed by atoms with Crippen molar-refractivity contribution in [3.05, 3.63) is 78.1 Å². The molecule has 1 amide bonds. The summed E-state index contributed by atoms with van der Waals surface area (Å²) in [4.78, 5) is 12.5. The molecule has 0 spiro atoms. The molecular formula is C19H16N4O2. The van der Waals surface area contributed by atoms with Crippen LogP contribution in [0.2, 0.25) is 0 Å². The van der Waals surface area contributed by atoms with Gasteiger partial charge in [-0.25, -0.2) is 0 Å². The second kappa shape index (κ2) is 6.24. The summed E-state index contributed by atoms with van der Waals surface area (Å²) in [5.41, 5.74) is 2.48. The molecule has 0 saturated carbocycles. The van der Waals surface area contributed by atoms with E-state index in [1.54, 1.807) is 6.33 Å². The van der Waals surface area contributed by atoms with Crippen molar-refractivity contribution >= 4 is 16.9 Å². The van der Waals surface area contributed by atoms with Gasteiger partial charge < -0.3 is 9.73 Å². The first-order chi connectivity index (χ1) is 12.2. The number of aryl methyl sites for hydroxylation is 1. The molecule has 0 unspecified atom stereocenters. The number of para-hydroxylation sites is 2. The van der Waals surface area contributed by atoms with E-state index in [-0.39, 0.29) is 12.5 Å². The number of nitrogens with one attached hydrogen (secondary N) is 1. The number of hydrogen-bond acceptors (Lipinski definition) is 4. The molecule has 0 aliphatic heterocycles. The number of carbonyl (C=O) groups is 1. The highest BCUT2D eigenvalue weighted by atomic mass is 16.3. The molecule has 124 valence electrons. The van der Waals surface area contributed by atoms with Crippen LogP contribution in [0, 0.1) is 6.92 Å². The minimum atomic E-state index is -0.267. The third kappa shape index (κ3) is 2.78. The fourth-order valence-electron chi connectivity index (χ4n) is 2.81. The average molecular weight is 332 g/mol. The van der Waals surface area contributed by atoms with Crippen molar-refractivity contribution in [2.45, 2.75) is 13.5 Å². The average Bonchev–Trinajstić information content (AvgIpc) is 3.25. The molecule has 0 aliphatic rings. The molecule has 0 atom stereocenters. The number of aromatic nitrogens is 3. The minimum Gasteiger partial charge on any atom is -0.451 e. The molecule has 2 heterocycles. The van der Waals surface area contributed by atoms with Gasteiger partial charge in [-0.15, -0.1) is 10.2 Å². The van der Waals surface area contributed by atoms with E-state index in [1.807, 2.05) is 66.1 Å². The Balaban J connectivity index is 1.55. The number of carbonyl (C=O) groups excluding carboxylic acids is 1. The number of rotatable bonds is 4. The van der Waals surface area contributed by atoms with Crippen LogP contribution in [0.5, 0.6) is 0 Å². The summed E-state index contributed by atoms with van der Waals surface area (Å²) in [5, 5.41) is 11.8. The molecule has 0 saturated heterocycles. The van der Waals surface area contributed by atoms with E-state index in [2.05, 4.69) is 15.5 Å². The predicted octanol–water partition coefficient (Wildman–Crippen LogP) is 3.25. The van der Waals surface area contributed by atoms with Gasteiger partial charge in [-0.1, -0.05) is 36.4 Å². The van der Waals surface area contributed by atoms with E-state index in [1.165, 1.54) is 0 Å². The summed E-state index contributed by atoms with van der Waals surface area (Å²) < 4.78 is 7.53. The van der Waals surface area contributed by atoms with Gasteiger partial charge in [0.15, 0.2) is 11.6 Å². The number of furan rings is 1. The summed E-state index contributed by atoms with van der Waals surface area (Å²) in [6, 6.07) is 17.3. The third-order valence-corrected chi connectivity index (χ3v) is 4.11. The van der Waals surface area contributed by atoms with Crippen LogP contribution < -0.4 is 5.32 Å². The van der Waals surface area contributed by atoms with Crippen LogP contribution in [0.15, 0.2) is 65.3 Å². The van der Waals surface area contributed by atoms with E-state index in [9.17, 15) is 4.79 Å². The Morgan fingerprint density at radius 3 is 2.68 bits per heavy atom. The zero-order valence-corrected chi connectivity index (χ0v) is 13.6. The Morgan fingerprint density at radius 1 is 1.12 bits per heavy atom. The van der Waals surface area contributed by atoms with E-state index >= 15 is 0 Å². The zero-order chi connectivity index (χ0) is 17.2. The van der Waals surface area contributed by atoms with E-state index in [0.717, 1.165) is 16.6 Å². The fraction of sp³-hybridized carbons (Fsp3) is 0.105. The summed E-state index contributed by atoms with van der Waals surface area (Å²) in [6.07, 6.45) is 1.63. The molecule has 6 nitrogen and oxygen atoms in total. The van der Waals surface area contributed by atoms with Crippen molar-refractivity contribution in [3.63, 3.8) is 0 Å². The van der Waals surface area contributed by atoms with E-state index in [4.69, 9.17) is 4.42 Å². The largest absolute Gasteiger partial charge is 0.451 e. The highest BCUT2D eigenvalue weighted by molar-refractivity contribution is 5.98. The van der Waals surface area contributed by atoms with Crippen LogP contribution in [0.1, 0.15) is 21.9 Å². The maximum Gasteiger partial charge on any atom is 0.287 e. The first-order valence-corrected chi connectivity index (χ1v) is 7.94. The standard InChI is InChI=1S/C19H16N4O2/c1-13-15-9-5-6-10-16(15)25-18(13)19(24)20-11-17-22-21-12-23(17)14-7-3-2-4-8-14/h2-10,12H,11H2,1H3,(H,20,24). The Labute approximate surface area is 144 Å². The Morgan fingerprint density at radius 2 is 1.88 bits per heavy atom.